The third-order valence-electron chi connectivity index (χ3n) is 5.80. The van der Waals surface area contributed by atoms with Gasteiger partial charge in [-0.2, -0.15) is 9.30 Å². The Labute approximate surface area is 189 Å². The van der Waals surface area contributed by atoms with Crippen molar-refractivity contribution >= 4 is 37.5 Å². The lowest BCUT2D eigenvalue weighted by atomic mass is 10.2. The average Bonchev–Trinajstić information content (AvgIpc) is 3.39. The fourth-order valence-electron chi connectivity index (χ4n) is 4.06. The summed E-state index contributed by atoms with van der Waals surface area (Å²) < 4.78 is 41.7. The Hall–Kier alpha value is -2.69. The maximum absolute atomic E-state index is 13.2. The molecule has 10 heteroatoms. The van der Waals surface area contributed by atoms with Gasteiger partial charge in [-0.3, -0.25) is 4.79 Å². The van der Waals surface area contributed by atoms with Gasteiger partial charge >= 0.3 is 0 Å². The van der Waals surface area contributed by atoms with E-state index in [1.54, 1.807) is 24.3 Å². The summed E-state index contributed by atoms with van der Waals surface area (Å²) in [5.41, 5.74) is 1.85. The minimum absolute atomic E-state index is 0.195. The lowest BCUT2D eigenvalue weighted by Crippen LogP contribution is -2.40. The number of thiazole rings is 1. The largest absolute Gasteiger partial charge is 0.486 e. The van der Waals surface area contributed by atoms with Crippen LogP contribution in [0.4, 0.5) is 0 Å². The Balaban J connectivity index is 1.49. The first-order valence-corrected chi connectivity index (χ1v) is 12.7. The number of carbonyl (C=O) groups excluding carboxylic acids is 1. The van der Waals surface area contributed by atoms with Gasteiger partial charge in [-0.1, -0.05) is 29.0 Å². The van der Waals surface area contributed by atoms with E-state index in [1.165, 1.54) is 15.6 Å². The van der Waals surface area contributed by atoms with E-state index < -0.39 is 22.0 Å². The Morgan fingerprint density at radius 1 is 1.12 bits per heavy atom. The molecule has 3 aromatic rings. The highest BCUT2D eigenvalue weighted by Gasteiger charge is 2.39. The first-order chi connectivity index (χ1) is 15.3. The molecule has 2 aliphatic rings. The summed E-state index contributed by atoms with van der Waals surface area (Å²) in [5.74, 6) is 0.897. The topological polar surface area (TPSA) is 90.2 Å². The second-order valence-electron chi connectivity index (χ2n) is 7.94. The fourth-order valence-corrected chi connectivity index (χ4v) is 6.74. The van der Waals surface area contributed by atoms with E-state index in [1.807, 2.05) is 30.7 Å². The minimum Gasteiger partial charge on any atom is -0.486 e. The number of aryl methyl sites for hydroxylation is 2. The molecule has 5 rings (SSSR count). The smallest absolute Gasteiger partial charge is 0.266 e. The number of hydrogen-bond acceptors (Lipinski definition) is 6. The van der Waals surface area contributed by atoms with Crippen LogP contribution in [0, 0.1) is 6.92 Å². The normalized spacial score (nSPS) is 19.6. The second kappa shape index (κ2) is 8.02. The van der Waals surface area contributed by atoms with E-state index in [0.29, 0.717) is 48.9 Å². The van der Waals surface area contributed by atoms with Crippen LogP contribution < -0.4 is 14.3 Å². The van der Waals surface area contributed by atoms with Gasteiger partial charge in [-0.25, -0.2) is 8.42 Å². The summed E-state index contributed by atoms with van der Waals surface area (Å²) in [7, 11) is -1.94. The molecule has 0 aliphatic carbocycles. The summed E-state index contributed by atoms with van der Waals surface area (Å²) in [6, 6.07) is 9.66. The van der Waals surface area contributed by atoms with Crippen molar-refractivity contribution < 1.29 is 22.7 Å². The first kappa shape index (κ1) is 21.2. The van der Waals surface area contributed by atoms with Crippen LogP contribution in [-0.4, -0.2) is 49.0 Å². The third kappa shape index (κ3) is 3.62. The van der Waals surface area contributed by atoms with Crippen molar-refractivity contribution in [2.45, 2.75) is 30.7 Å². The number of hydrogen-bond donors (Lipinski definition) is 0. The molecule has 1 saturated heterocycles. The summed E-state index contributed by atoms with van der Waals surface area (Å²) >= 11 is 1.36. The first-order valence-electron chi connectivity index (χ1n) is 10.4. The molecule has 2 aliphatic heterocycles. The van der Waals surface area contributed by atoms with E-state index in [2.05, 4.69) is 4.99 Å². The van der Waals surface area contributed by atoms with Gasteiger partial charge in [0.15, 0.2) is 16.3 Å². The number of nitrogens with zero attached hydrogens (tertiary/aromatic N) is 3. The highest BCUT2D eigenvalue weighted by Crippen LogP contribution is 2.35. The number of benzene rings is 2. The van der Waals surface area contributed by atoms with E-state index in [-0.39, 0.29) is 4.90 Å². The van der Waals surface area contributed by atoms with Gasteiger partial charge in [0.05, 0.1) is 15.1 Å². The van der Waals surface area contributed by atoms with Gasteiger partial charge < -0.3 is 14.0 Å². The summed E-state index contributed by atoms with van der Waals surface area (Å²) in [6.45, 7) is 3.20. The molecule has 168 valence electrons. The maximum Gasteiger partial charge on any atom is 0.266 e. The predicted molar refractivity (Wildman–Crippen MR) is 120 cm³/mol. The molecular weight excluding hydrogens is 450 g/mol. The Kier molecular flexibility index (Phi) is 5.31. The fraction of sp³-hybridized carbons (Fsp3) is 0.364. The number of carbonyl (C=O) groups is 1. The molecule has 0 N–H and O–H groups in total. The second-order valence-corrected chi connectivity index (χ2v) is 10.8. The molecule has 0 saturated carbocycles. The molecule has 1 atom stereocenters. The van der Waals surface area contributed by atoms with Crippen LogP contribution in [-0.2, 0) is 21.9 Å². The number of rotatable bonds is 3. The number of sulfonamides is 1. The van der Waals surface area contributed by atoms with Crippen LogP contribution in [0.5, 0.6) is 11.5 Å². The van der Waals surface area contributed by atoms with E-state index in [0.717, 1.165) is 15.8 Å². The summed E-state index contributed by atoms with van der Waals surface area (Å²) in [5, 5.41) is 0. The molecule has 1 aromatic heterocycles. The monoisotopic (exact) mass is 473 g/mol. The van der Waals surface area contributed by atoms with Crippen molar-refractivity contribution in [2.75, 3.05) is 19.8 Å². The van der Waals surface area contributed by atoms with Crippen LogP contribution in [0.25, 0.3) is 10.2 Å². The van der Waals surface area contributed by atoms with Gasteiger partial charge in [0.25, 0.3) is 5.91 Å². The molecule has 2 aromatic carbocycles. The number of ether oxygens (including phenoxy) is 2. The van der Waals surface area contributed by atoms with Crippen LogP contribution in [0.3, 0.4) is 0 Å². The quantitative estimate of drug-likeness (QED) is 0.583. The Morgan fingerprint density at radius 3 is 2.53 bits per heavy atom. The number of fused-ring (bicyclic) bond motifs is 2. The third-order valence-corrected chi connectivity index (χ3v) is 8.81. The highest BCUT2D eigenvalue weighted by molar-refractivity contribution is 7.89. The van der Waals surface area contributed by atoms with Crippen molar-refractivity contribution in [3.05, 3.63) is 46.8 Å². The molecule has 0 bridgehead atoms. The molecule has 1 amide bonds. The van der Waals surface area contributed by atoms with E-state index in [4.69, 9.17) is 9.47 Å². The zero-order chi connectivity index (χ0) is 22.5. The summed E-state index contributed by atoms with van der Waals surface area (Å²) in [4.78, 5) is 18.1. The van der Waals surface area contributed by atoms with Crippen molar-refractivity contribution in [3.63, 3.8) is 0 Å². The number of amides is 1. The summed E-state index contributed by atoms with van der Waals surface area (Å²) in [6.07, 6.45) is 1.08. The highest BCUT2D eigenvalue weighted by atomic mass is 32.2. The molecule has 1 unspecified atom stereocenters. The van der Waals surface area contributed by atoms with Crippen molar-refractivity contribution in [1.29, 1.82) is 0 Å². The van der Waals surface area contributed by atoms with Crippen LogP contribution >= 0.6 is 11.3 Å². The lowest BCUT2D eigenvalue weighted by molar-refractivity contribution is -0.121. The number of aromatic nitrogens is 1. The average molecular weight is 474 g/mol. The molecular formula is C22H23N3O5S2. The van der Waals surface area contributed by atoms with Gasteiger partial charge in [0.2, 0.25) is 10.0 Å². The molecule has 3 heterocycles. The molecule has 32 heavy (non-hydrogen) atoms. The standard InChI is InChI=1S/C22H23N3O5S2/c1-14-5-7-15(8-6-14)32(27,28)25-9-3-4-16(25)21(26)23-22-24(2)17-12-18-19(13-20(17)31-22)30-11-10-29-18/h5-8,12-13,16H,3-4,9-11H2,1-2H3. The van der Waals surface area contributed by atoms with Crippen molar-refractivity contribution in [1.82, 2.24) is 8.87 Å². The molecule has 8 nitrogen and oxygen atoms in total. The van der Waals surface area contributed by atoms with E-state index >= 15 is 0 Å². The Bertz CT molecular complexity index is 1370. The molecule has 0 radical (unpaired) electrons. The van der Waals surface area contributed by atoms with Gasteiger partial charge in [-0.05, 0) is 31.9 Å². The van der Waals surface area contributed by atoms with Gasteiger partial charge in [-0.15, -0.1) is 0 Å². The van der Waals surface area contributed by atoms with Crippen LogP contribution in [0.15, 0.2) is 46.3 Å². The zero-order valence-corrected chi connectivity index (χ0v) is 19.4. The minimum atomic E-state index is -3.77. The predicted octanol–water partition coefficient (Wildman–Crippen LogP) is 2.60. The zero-order valence-electron chi connectivity index (χ0n) is 17.8. The van der Waals surface area contributed by atoms with Gasteiger partial charge in [0, 0.05) is 25.7 Å². The van der Waals surface area contributed by atoms with Crippen molar-refractivity contribution in [3.8, 4) is 11.5 Å². The molecule has 1 fully saturated rings. The lowest BCUT2D eigenvalue weighted by Gasteiger charge is -2.21. The molecule has 0 spiro atoms. The SMILES string of the molecule is Cc1ccc(S(=O)(=O)N2CCCC2C(=O)N=c2sc3cc4c(cc3n2C)OCCO4)cc1. The van der Waals surface area contributed by atoms with Crippen molar-refractivity contribution in [2.24, 2.45) is 12.0 Å². The maximum atomic E-state index is 13.2. The Morgan fingerprint density at radius 2 is 1.81 bits per heavy atom. The van der Waals surface area contributed by atoms with Crippen LogP contribution in [0.1, 0.15) is 18.4 Å². The van der Waals surface area contributed by atoms with Crippen LogP contribution in [0.2, 0.25) is 0 Å². The van der Waals surface area contributed by atoms with Gasteiger partial charge in [0.1, 0.15) is 19.3 Å². The van der Waals surface area contributed by atoms with E-state index in [9.17, 15) is 13.2 Å².